The number of carbonyl (C=O) groups is 3. The van der Waals surface area contributed by atoms with Crippen LogP contribution in [0, 0.1) is 6.92 Å². The van der Waals surface area contributed by atoms with Crippen LogP contribution in [0.1, 0.15) is 53.9 Å². The first-order chi connectivity index (χ1) is 18.0. The molecule has 1 unspecified atom stereocenters. The number of benzene rings is 4. The zero-order valence-electron chi connectivity index (χ0n) is 20.1. The smallest absolute Gasteiger partial charge is 0.273 e. The van der Waals surface area contributed by atoms with Crippen LogP contribution in [0.15, 0.2) is 109 Å². The highest BCUT2D eigenvalue weighted by atomic mass is 16.2. The number of hydrogen-bond donors (Lipinski definition) is 1. The van der Waals surface area contributed by atoms with E-state index in [9.17, 15) is 14.4 Å². The van der Waals surface area contributed by atoms with Gasteiger partial charge in [-0.1, -0.05) is 84.4 Å². The Bertz CT molecular complexity index is 1660. The van der Waals surface area contributed by atoms with E-state index in [1.165, 1.54) is 5.01 Å². The summed E-state index contributed by atoms with van der Waals surface area (Å²) >= 11 is 0. The molecule has 1 aliphatic rings. The molecule has 0 radical (unpaired) electrons. The maximum atomic E-state index is 14.0. The van der Waals surface area contributed by atoms with E-state index in [1.807, 2.05) is 67.6 Å². The normalized spacial score (nSPS) is 14.8. The van der Waals surface area contributed by atoms with E-state index in [0.29, 0.717) is 33.3 Å². The summed E-state index contributed by atoms with van der Waals surface area (Å²) in [5, 5.41) is 2.00. The SMILES string of the molecule is Cc1ccc(C2c3c(c4ccccc4n3C(=O)c3ccccc3)C(=O)NN2C(=O)c2ccccc2)cc1. The Morgan fingerprint density at radius 3 is 1.92 bits per heavy atom. The molecule has 1 N–H and O–H groups in total. The lowest BCUT2D eigenvalue weighted by Gasteiger charge is -2.37. The van der Waals surface area contributed by atoms with Crippen LogP contribution in [-0.4, -0.2) is 27.3 Å². The van der Waals surface area contributed by atoms with Crippen molar-refractivity contribution in [2.45, 2.75) is 13.0 Å². The number of aryl methyl sites for hydroxylation is 1. The number of carbonyl (C=O) groups excluding carboxylic acids is 3. The van der Waals surface area contributed by atoms with Crippen molar-refractivity contribution in [2.24, 2.45) is 0 Å². The maximum Gasteiger partial charge on any atom is 0.273 e. The van der Waals surface area contributed by atoms with E-state index >= 15 is 0 Å². The summed E-state index contributed by atoms with van der Waals surface area (Å²) in [5.74, 6) is -1.07. The molecular weight excluding hydrogens is 462 g/mol. The Morgan fingerprint density at radius 1 is 0.703 bits per heavy atom. The third kappa shape index (κ3) is 3.70. The molecule has 37 heavy (non-hydrogen) atoms. The van der Waals surface area contributed by atoms with Gasteiger partial charge < -0.3 is 0 Å². The number of nitrogens with zero attached hydrogens (tertiary/aromatic N) is 2. The zero-order valence-corrected chi connectivity index (χ0v) is 20.1. The quantitative estimate of drug-likeness (QED) is 0.365. The molecule has 1 aromatic heterocycles. The minimum Gasteiger partial charge on any atom is -0.277 e. The summed E-state index contributed by atoms with van der Waals surface area (Å²) in [4.78, 5) is 41.4. The number of hydrazine groups is 1. The fourth-order valence-corrected chi connectivity index (χ4v) is 4.98. The Kier molecular flexibility index (Phi) is 5.42. The topological polar surface area (TPSA) is 71.4 Å². The van der Waals surface area contributed by atoms with Crippen molar-refractivity contribution in [1.29, 1.82) is 0 Å². The molecule has 1 atom stereocenters. The van der Waals surface area contributed by atoms with Gasteiger partial charge in [0.25, 0.3) is 17.7 Å². The fourth-order valence-electron chi connectivity index (χ4n) is 4.98. The monoisotopic (exact) mass is 485 g/mol. The fraction of sp³-hybridized carbons (Fsp3) is 0.0645. The second-order valence-corrected chi connectivity index (χ2v) is 9.08. The van der Waals surface area contributed by atoms with E-state index in [1.54, 1.807) is 53.1 Å². The molecule has 180 valence electrons. The highest BCUT2D eigenvalue weighted by Gasteiger charge is 2.42. The lowest BCUT2D eigenvalue weighted by Crippen LogP contribution is -2.53. The van der Waals surface area contributed by atoms with E-state index in [2.05, 4.69) is 5.43 Å². The van der Waals surface area contributed by atoms with Gasteiger partial charge in [-0.15, -0.1) is 0 Å². The van der Waals surface area contributed by atoms with Gasteiger partial charge in [0.05, 0.1) is 16.8 Å². The number of para-hydroxylation sites is 1. The van der Waals surface area contributed by atoms with Crippen LogP contribution in [-0.2, 0) is 0 Å². The van der Waals surface area contributed by atoms with Crippen LogP contribution in [0.3, 0.4) is 0 Å². The molecule has 0 spiro atoms. The summed E-state index contributed by atoms with van der Waals surface area (Å²) in [6.07, 6.45) is 0. The molecule has 6 nitrogen and oxygen atoms in total. The second kappa shape index (κ2) is 8.91. The van der Waals surface area contributed by atoms with Gasteiger partial charge in [0.2, 0.25) is 0 Å². The van der Waals surface area contributed by atoms with Gasteiger partial charge in [0.15, 0.2) is 0 Å². The summed E-state index contributed by atoms with van der Waals surface area (Å²) < 4.78 is 1.59. The lowest BCUT2D eigenvalue weighted by molar-refractivity contribution is 0.0476. The lowest BCUT2D eigenvalue weighted by atomic mass is 9.95. The van der Waals surface area contributed by atoms with Crippen LogP contribution in [0.5, 0.6) is 0 Å². The van der Waals surface area contributed by atoms with Crippen LogP contribution in [0.2, 0.25) is 0 Å². The number of nitrogens with one attached hydrogen (secondary N) is 1. The van der Waals surface area contributed by atoms with Crippen LogP contribution < -0.4 is 5.43 Å². The molecule has 2 heterocycles. The number of rotatable bonds is 3. The van der Waals surface area contributed by atoms with Crippen molar-refractivity contribution < 1.29 is 14.4 Å². The molecule has 1 aliphatic heterocycles. The Balaban J connectivity index is 1.65. The molecular formula is C31H23N3O3. The van der Waals surface area contributed by atoms with Crippen molar-refractivity contribution >= 4 is 28.6 Å². The Hall–Kier alpha value is -4.97. The standard InChI is InChI=1S/C31H23N3O3/c1-20-16-18-21(19-17-20)27-28-26(29(35)32-34(27)31(37)23-12-6-3-7-13-23)24-14-8-9-15-25(24)33(28)30(36)22-10-4-2-5-11-22/h2-19,27H,1H3,(H,32,35). The van der Waals surface area contributed by atoms with E-state index < -0.39 is 11.9 Å². The number of hydrogen-bond acceptors (Lipinski definition) is 3. The molecule has 0 fully saturated rings. The summed E-state index contributed by atoms with van der Waals surface area (Å²) in [6.45, 7) is 1.99. The van der Waals surface area contributed by atoms with E-state index in [0.717, 1.165) is 11.1 Å². The van der Waals surface area contributed by atoms with Gasteiger partial charge in [-0.3, -0.25) is 24.4 Å². The average Bonchev–Trinajstić information content (AvgIpc) is 3.29. The van der Waals surface area contributed by atoms with Crippen molar-refractivity contribution in [3.05, 3.63) is 143 Å². The summed E-state index contributed by atoms with van der Waals surface area (Å²) in [6, 6.07) is 32.2. The zero-order chi connectivity index (χ0) is 25.5. The van der Waals surface area contributed by atoms with E-state index in [-0.39, 0.29) is 11.8 Å². The highest BCUT2D eigenvalue weighted by molar-refractivity contribution is 6.15. The summed E-state index contributed by atoms with van der Waals surface area (Å²) in [7, 11) is 0. The van der Waals surface area contributed by atoms with Gasteiger partial charge in [-0.25, -0.2) is 5.01 Å². The first kappa shape index (κ1) is 22.5. The predicted octanol–water partition coefficient (Wildman–Crippen LogP) is 5.53. The van der Waals surface area contributed by atoms with Gasteiger partial charge >= 0.3 is 0 Å². The molecule has 0 saturated heterocycles. The molecule has 5 aromatic rings. The third-order valence-corrected chi connectivity index (χ3v) is 6.73. The molecule has 2 amide bonds. The molecule has 0 aliphatic carbocycles. The average molecular weight is 486 g/mol. The van der Waals surface area contributed by atoms with Crippen molar-refractivity contribution in [3.63, 3.8) is 0 Å². The molecule has 0 saturated carbocycles. The third-order valence-electron chi connectivity index (χ3n) is 6.73. The van der Waals surface area contributed by atoms with Gasteiger partial charge in [-0.05, 0) is 42.8 Å². The van der Waals surface area contributed by atoms with Crippen molar-refractivity contribution in [2.75, 3.05) is 0 Å². The minimum absolute atomic E-state index is 0.267. The first-order valence-corrected chi connectivity index (χ1v) is 12.0. The molecule has 6 rings (SSSR count). The molecule has 0 bridgehead atoms. The van der Waals surface area contributed by atoms with Gasteiger partial charge in [0, 0.05) is 16.5 Å². The summed E-state index contributed by atoms with van der Waals surface area (Å²) in [5.41, 5.74) is 7.07. The Labute approximate surface area is 213 Å². The van der Waals surface area contributed by atoms with Gasteiger partial charge in [0.1, 0.15) is 6.04 Å². The number of amides is 2. The highest BCUT2D eigenvalue weighted by Crippen LogP contribution is 2.40. The molecule has 6 heteroatoms. The second-order valence-electron chi connectivity index (χ2n) is 9.08. The van der Waals surface area contributed by atoms with Crippen molar-refractivity contribution in [3.8, 4) is 0 Å². The molecule has 4 aromatic carbocycles. The number of aromatic nitrogens is 1. The predicted molar refractivity (Wildman–Crippen MR) is 141 cm³/mol. The van der Waals surface area contributed by atoms with Crippen LogP contribution >= 0.6 is 0 Å². The number of fused-ring (bicyclic) bond motifs is 3. The van der Waals surface area contributed by atoms with E-state index in [4.69, 9.17) is 0 Å². The van der Waals surface area contributed by atoms with Crippen LogP contribution in [0.4, 0.5) is 0 Å². The maximum absolute atomic E-state index is 14.0. The van der Waals surface area contributed by atoms with Crippen LogP contribution in [0.25, 0.3) is 10.9 Å². The Morgan fingerprint density at radius 2 is 1.27 bits per heavy atom. The van der Waals surface area contributed by atoms with Gasteiger partial charge in [-0.2, -0.15) is 0 Å². The largest absolute Gasteiger partial charge is 0.277 e. The minimum atomic E-state index is -0.735. The van der Waals surface area contributed by atoms with Crippen molar-refractivity contribution in [1.82, 2.24) is 15.0 Å². The first-order valence-electron chi connectivity index (χ1n) is 12.0.